The van der Waals surface area contributed by atoms with Gasteiger partial charge in [-0.1, -0.05) is 0 Å². The van der Waals surface area contributed by atoms with Crippen LogP contribution in [-0.4, -0.2) is 42.4 Å². The van der Waals surface area contributed by atoms with Gasteiger partial charge in [0.25, 0.3) is 5.91 Å². The van der Waals surface area contributed by atoms with Crippen LogP contribution < -0.4 is 20.3 Å². The van der Waals surface area contributed by atoms with Crippen LogP contribution in [0.4, 0.5) is 16.2 Å². The van der Waals surface area contributed by atoms with Crippen LogP contribution in [0.3, 0.4) is 0 Å². The highest BCUT2D eigenvalue weighted by molar-refractivity contribution is 6.00. The summed E-state index contributed by atoms with van der Waals surface area (Å²) in [5.74, 6) is 0.471. The molecule has 1 atom stereocenters. The number of nitrogens with one attached hydrogen (secondary N) is 3. The SMILES string of the molecule is COCc1cc(CNC(=O)Nc2ccc3c(c2)N(C)C(=O)C(C)O3)[nH]n1. The highest BCUT2D eigenvalue weighted by Crippen LogP contribution is 2.35. The first kappa shape index (κ1) is 17.7. The van der Waals surface area contributed by atoms with E-state index in [4.69, 9.17) is 9.47 Å². The van der Waals surface area contributed by atoms with E-state index in [0.29, 0.717) is 30.3 Å². The average molecular weight is 359 g/mol. The number of carbonyl (C=O) groups excluding carboxylic acids is 2. The minimum absolute atomic E-state index is 0.134. The number of H-pyrrole nitrogens is 1. The van der Waals surface area contributed by atoms with Crippen molar-refractivity contribution in [1.82, 2.24) is 15.5 Å². The summed E-state index contributed by atoms with van der Waals surface area (Å²) in [6, 6.07) is 6.61. The first-order chi connectivity index (χ1) is 12.5. The highest BCUT2D eigenvalue weighted by atomic mass is 16.5. The monoisotopic (exact) mass is 359 g/mol. The molecule has 3 rings (SSSR count). The maximum Gasteiger partial charge on any atom is 0.319 e. The topological polar surface area (TPSA) is 109 Å². The van der Waals surface area contributed by atoms with E-state index in [1.807, 2.05) is 6.07 Å². The molecule has 3 amide bonds. The number of carbonyl (C=O) groups is 2. The first-order valence-corrected chi connectivity index (χ1v) is 8.13. The van der Waals surface area contributed by atoms with Crippen molar-refractivity contribution in [3.8, 4) is 5.75 Å². The fourth-order valence-electron chi connectivity index (χ4n) is 2.66. The van der Waals surface area contributed by atoms with Gasteiger partial charge in [0, 0.05) is 19.8 Å². The van der Waals surface area contributed by atoms with Crippen molar-refractivity contribution < 1.29 is 19.1 Å². The van der Waals surface area contributed by atoms with Gasteiger partial charge in [0.05, 0.1) is 30.2 Å². The van der Waals surface area contributed by atoms with Gasteiger partial charge >= 0.3 is 6.03 Å². The van der Waals surface area contributed by atoms with E-state index in [9.17, 15) is 9.59 Å². The summed E-state index contributed by atoms with van der Waals surface area (Å²) in [7, 11) is 3.27. The maximum absolute atomic E-state index is 12.1. The van der Waals surface area contributed by atoms with Crippen LogP contribution in [0.5, 0.6) is 5.75 Å². The van der Waals surface area contributed by atoms with Crippen LogP contribution in [0, 0.1) is 0 Å². The Bertz CT molecular complexity index is 819. The number of urea groups is 1. The van der Waals surface area contributed by atoms with Crippen LogP contribution in [0.2, 0.25) is 0 Å². The molecule has 1 aliphatic heterocycles. The van der Waals surface area contributed by atoms with Crippen LogP contribution in [-0.2, 0) is 22.7 Å². The molecule has 1 aromatic carbocycles. The number of ether oxygens (including phenoxy) is 2. The van der Waals surface area contributed by atoms with Gasteiger partial charge in [-0.25, -0.2) is 4.79 Å². The lowest BCUT2D eigenvalue weighted by atomic mass is 10.2. The molecule has 2 heterocycles. The largest absolute Gasteiger partial charge is 0.479 e. The predicted molar refractivity (Wildman–Crippen MR) is 95.1 cm³/mol. The summed E-state index contributed by atoms with van der Waals surface area (Å²) in [6.45, 7) is 2.41. The molecule has 1 aromatic heterocycles. The molecule has 9 nitrogen and oxygen atoms in total. The minimum atomic E-state index is -0.521. The summed E-state index contributed by atoms with van der Waals surface area (Å²) in [6.07, 6.45) is -0.521. The summed E-state index contributed by atoms with van der Waals surface area (Å²) in [4.78, 5) is 25.6. The summed E-state index contributed by atoms with van der Waals surface area (Å²) >= 11 is 0. The number of nitrogens with zero attached hydrogens (tertiary/aromatic N) is 2. The second-order valence-corrected chi connectivity index (χ2v) is 5.97. The minimum Gasteiger partial charge on any atom is -0.479 e. The van der Waals surface area contributed by atoms with Crippen LogP contribution >= 0.6 is 0 Å². The van der Waals surface area contributed by atoms with E-state index in [1.165, 1.54) is 4.90 Å². The number of aromatic nitrogens is 2. The molecule has 3 N–H and O–H groups in total. The fourth-order valence-corrected chi connectivity index (χ4v) is 2.66. The van der Waals surface area contributed by atoms with Crippen molar-refractivity contribution in [3.63, 3.8) is 0 Å². The molecule has 0 radical (unpaired) electrons. The third-order valence-electron chi connectivity index (χ3n) is 3.98. The normalized spacial score (nSPS) is 16.0. The van der Waals surface area contributed by atoms with Gasteiger partial charge in [0.15, 0.2) is 6.10 Å². The van der Waals surface area contributed by atoms with Gasteiger partial charge in [-0.05, 0) is 31.2 Å². The number of fused-ring (bicyclic) bond motifs is 1. The molecule has 9 heteroatoms. The third kappa shape index (κ3) is 3.77. The molecule has 0 saturated heterocycles. The van der Waals surface area contributed by atoms with E-state index in [1.54, 1.807) is 39.3 Å². The molecule has 26 heavy (non-hydrogen) atoms. The molecule has 0 saturated carbocycles. The Labute approximate surface area is 150 Å². The number of aromatic amines is 1. The Hall–Kier alpha value is -3.07. The second kappa shape index (κ2) is 7.44. The first-order valence-electron chi connectivity index (χ1n) is 8.13. The number of amides is 3. The number of anilines is 2. The van der Waals surface area contributed by atoms with Gasteiger partial charge < -0.3 is 25.0 Å². The number of hydrogen-bond donors (Lipinski definition) is 3. The van der Waals surface area contributed by atoms with Crippen molar-refractivity contribution in [1.29, 1.82) is 0 Å². The van der Waals surface area contributed by atoms with E-state index in [-0.39, 0.29) is 11.9 Å². The molecule has 0 aliphatic carbocycles. The van der Waals surface area contributed by atoms with Crippen molar-refractivity contribution >= 4 is 23.3 Å². The standard InChI is InChI=1S/C17H21N5O4/c1-10-16(23)22(2)14-7-11(4-5-15(14)26-10)19-17(24)18-8-12-6-13(9-25-3)21-20-12/h4-7,10H,8-9H2,1-3H3,(H,20,21)(H2,18,19,24). The highest BCUT2D eigenvalue weighted by Gasteiger charge is 2.29. The molecule has 0 fully saturated rings. The lowest BCUT2D eigenvalue weighted by Gasteiger charge is -2.30. The van der Waals surface area contributed by atoms with Crippen LogP contribution in [0.1, 0.15) is 18.3 Å². The number of rotatable bonds is 5. The van der Waals surface area contributed by atoms with Gasteiger partial charge in [0.1, 0.15) is 5.75 Å². The summed E-state index contributed by atoms with van der Waals surface area (Å²) < 4.78 is 10.6. The zero-order chi connectivity index (χ0) is 18.7. The zero-order valence-corrected chi connectivity index (χ0v) is 14.8. The molecule has 1 unspecified atom stereocenters. The second-order valence-electron chi connectivity index (χ2n) is 5.97. The molecule has 138 valence electrons. The average Bonchev–Trinajstić information content (AvgIpc) is 3.07. The number of benzene rings is 1. The molecule has 0 bridgehead atoms. The third-order valence-corrected chi connectivity index (χ3v) is 3.98. The Balaban J connectivity index is 1.60. The van der Waals surface area contributed by atoms with Crippen molar-refractivity contribution in [2.24, 2.45) is 0 Å². The number of likely N-dealkylation sites (N-methyl/N-ethyl adjacent to an activating group) is 1. The van der Waals surface area contributed by atoms with Gasteiger partial charge in [-0.2, -0.15) is 5.10 Å². The number of methoxy groups -OCH3 is 1. The fraction of sp³-hybridized carbons (Fsp3) is 0.353. The van der Waals surface area contributed by atoms with Crippen molar-refractivity contribution in [3.05, 3.63) is 35.7 Å². The van der Waals surface area contributed by atoms with Crippen LogP contribution in [0.25, 0.3) is 0 Å². The smallest absolute Gasteiger partial charge is 0.319 e. The Morgan fingerprint density at radius 2 is 2.23 bits per heavy atom. The molecule has 1 aliphatic rings. The molecule has 2 aromatic rings. The lowest BCUT2D eigenvalue weighted by molar-refractivity contribution is -0.125. The Morgan fingerprint density at radius 1 is 1.42 bits per heavy atom. The molecule has 0 spiro atoms. The molecular weight excluding hydrogens is 338 g/mol. The predicted octanol–water partition coefficient (Wildman–Crippen LogP) is 1.62. The van der Waals surface area contributed by atoms with E-state index in [2.05, 4.69) is 20.8 Å². The summed E-state index contributed by atoms with van der Waals surface area (Å²) in [5.41, 5.74) is 2.71. The van der Waals surface area contributed by atoms with Gasteiger partial charge in [-0.15, -0.1) is 0 Å². The Kier molecular flexibility index (Phi) is 5.08. The quantitative estimate of drug-likeness (QED) is 0.752. The van der Waals surface area contributed by atoms with Crippen LogP contribution in [0.15, 0.2) is 24.3 Å². The van der Waals surface area contributed by atoms with Gasteiger partial charge in [-0.3, -0.25) is 9.89 Å². The van der Waals surface area contributed by atoms with E-state index < -0.39 is 6.10 Å². The number of hydrogen-bond acceptors (Lipinski definition) is 5. The maximum atomic E-state index is 12.1. The Morgan fingerprint density at radius 3 is 3.00 bits per heavy atom. The molecular formula is C17H21N5O4. The van der Waals surface area contributed by atoms with Crippen molar-refractivity contribution in [2.75, 3.05) is 24.4 Å². The van der Waals surface area contributed by atoms with E-state index >= 15 is 0 Å². The summed E-state index contributed by atoms with van der Waals surface area (Å²) in [5, 5.41) is 12.4. The zero-order valence-electron chi connectivity index (χ0n) is 14.8. The van der Waals surface area contributed by atoms with Gasteiger partial charge in [0.2, 0.25) is 0 Å². The van der Waals surface area contributed by atoms with Crippen molar-refractivity contribution in [2.45, 2.75) is 26.2 Å². The van der Waals surface area contributed by atoms with E-state index in [0.717, 1.165) is 11.4 Å². The lowest BCUT2D eigenvalue weighted by Crippen LogP contribution is -2.42.